The first-order chi connectivity index (χ1) is 12.9. The number of pyridine rings is 2. The number of amides is 2. The molecule has 0 radical (unpaired) electrons. The number of aromatic nitrogens is 2. The lowest BCUT2D eigenvalue weighted by molar-refractivity contribution is 0.262. The van der Waals surface area contributed by atoms with Crippen LogP contribution >= 0.6 is 0 Å². The number of nitrogens with one attached hydrogen (secondary N) is 3. The molecule has 2 aromatic heterocycles. The standard InChI is InChI=1S/C21H24N4O2/c1-12(2)15-8-5-9-16(13(3)4)18(15)24-21(27)23-17-11-14-7-6-10-22-19(14)25-20(17)26/h5-13H,1-4H3,(H,22,25,26)(H2,23,24,27). The number of hydrogen-bond acceptors (Lipinski definition) is 3. The van der Waals surface area contributed by atoms with Gasteiger partial charge in [0.15, 0.2) is 0 Å². The van der Waals surface area contributed by atoms with E-state index < -0.39 is 11.6 Å². The summed E-state index contributed by atoms with van der Waals surface area (Å²) in [5.41, 5.74) is 3.21. The topological polar surface area (TPSA) is 86.9 Å². The quantitative estimate of drug-likeness (QED) is 0.620. The van der Waals surface area contributed by atoms with Gasteiger partial charge in [0, 0.05) is 17.3 Å². The molecule has 3 aromatic rings. The Morgan fingerprint density at radius 2 is 1.67 bits per heavy atom. The van der Waals surface area contributed by atoms with Gasteiger partial charge in [0.2, 0.25) is 0 Å². The maximum Gasteiger partial charge on any atom is 0.323 e. The molecular weight excluding hydrogens is 340 g/mol. The van der Waals surface area contributed by atoms with Gasteiger partial charge in [0.25, 0.3) is 5.56 Å². The van der Waals surface area contributed by atoms with Crippen molar-refractivity contribution in [1.29, 1.82) is 0 Å². The third-order valence-electron chi connectivity index (χ3n) is 4.47. The second kappa shape index (κ2) is 7.61. The maximum atomic E-state index is 12.6. The average Bonchev–Trinajstić information content (AvgIpc) is 2.62. The SMILES string of the molecule is CC(C)c1cccc(C(C)C)c1NC(=O)Nc1cc2cccnc2[nH]c1=O. The fourth-order valence-electron chi connectivity index (χ4n) is 3.09. The predicted octanol–water partition coefficient (Wildman–Crippen LogP) is 4.81. The monoisotopic (exact) mass is 364 g/mol. The summed E-state index contributed by atoms with van der Waals surface area (Å²) in [5, 5.41) is 6.36. The Labute approximate surface area is 158 Å². The molecule has 0 aliphatic heterocycles. The summed E-state index contributed by atoms with van der Waals surface area (Å²) >= 11 is 0. The van der Waals surface area contributed by atoms with E-state index in [1.807, 2.05) is 24.3 Å². The Kier molecular flexibility index (Phi) is 5.26. The van der Waals surface area contributed by atoms with E-state index in [0.29, 0.717) is 5.65 Å². The minimum atomic E-state index is -0.446. The molecule has 0 spiro atoms. The zero-order valence-electron chi connectivity index (χ0n) is 16.0. The molecule has 6 heteroatoms. The van der Waals surface area contributed by atoms with Crippen LogP contribution < -0.4 is 16.2 Å². The molecule has 140 valence electrons. The van der Waals surface area contributed by atoms with Crippen molar-refractivity contribution in [1.82, 2.24) is 9.97 Å². The van der Waals surface area contributed by atoms with Gasteiger partial charge in [-0.05, 0) is 41.2 Å². The normalized spacial score (nSPS) is 11.2. The molecule has 6 nitrogen and oxygen atoms in total. The third kappa shape index (κ3) is 4.00. The van der Waals surface area contributed by atoms with Gasteiger partial charge in [-0.25, -0.2) is 9.78 Å². The number of aromatic amines is 1. The number of para-hydroxylation sites is 1. The molecule has 0 unspecified atom stereocenters. The molecule has 1 aromatic carbocycles. The van der Waals surface area contributed by atoms with Crippen LogP contribution in [0.25, 0.3) is 11.0 Å². The van der Waals surface area contributed by atoms with Crippen molar-refractivity contribution in [2.24, 2.45) is 0 Å². The van der Waals surface area contributed by atoms with Crippen molar-refractivity contribution >= 4 is 28.4 Å². The van der Waals surface area contributed by atoms with Crippen molar-refractivity contribution in [3.05, 3.63) is 64.1 Å². The molecule has 0 saturated carbocycles. The fraction of sp³-hybridized carbons (Fsp3) is 0.286. The zero-order valence-corrected chi connectivity index (χ0v) is 16.0. The Morgan fingerprint density at radius 3 is 2.30 bits per heavy atom. The molecule has 3 rings (SSSR count). The van der Waals surface area contributed by atoms with Crippen LogP contribution in [0.1, 0.15) is 50.7 Å². The summed E-state index contributed by atoms with van der Waals surface area (Å²) < 4.78 is 0. The molecule has 0 saturated heterocycles. The number of anilines is 2. The van der Waals surface area contributed by atoms with E-state index in [1.54, 1.807) is 18.3 Å². The molecule has 2 heterocycles. The van der Waals surface area contributed by atoms with E-state index in [2.05, 4.69) is 48.3 Å². The molecule has 0 aliphatic carbocycles. The molecule has 2 amide bonds. The van der Waals surface area contributed by atoms with E-state index in [1.165, 1.54) is 0 Å². The summed E-state index contributed by atoms with van der Waals surface area (Å²) in [6.07, 6.45) is 1.61. The lowest BCUT2D eigenvalue weighted by atomic mass is 9.93. The van der Waals surface area contributed by atoms with E-state index in [-0.39, 0.29) is 17.5 Å². The number of hydrogen-bond donors (Lipinski definition) is 3. The molecular formula is C21H24N4O2. The second-order valence-electron chi connectivity index (χ2n) is 7.15. The van der Waals surface area contributed by atoms with Crippen LogP contribution in [0.5, 0.6) is 0 Å². The minimum absolute atomic E-state index is 0.182. The highest BCUT2D eigenvalue weighted by Gasteiger charge is 2.16. The highest BCUT2D eigenvalue weighted by Crippen LogP contribution is 2.32. The highest BCUT2D eigenvalue weighted by atomic mass is 16.2. The van der Waals surface area contributed by atoms with Gasteiger partial charge in [-0.2, -0.15) is 0 Å². The van der Waals surface area contributed by atoms with Crippen molar-refractivity contribution < 1.29 is 4.79 Å². The van der Waals surface area contributed by atoms with Crippen molar-refractivity contribution in [3.63, 3.8) is 0 Å². The number of fused-ring (bicyclic) bond motifs is 1. The lowest BCUT2D eigenvalue weighted by Crippen LogP contribution is -2.25. The Hall–Kier alpha value is -3.15. The van der Waals surface area contributed by atoms with Gasteiger partial charge in [0.1, 0.15) is 11.3 Å². The zero-order chi connectivity index (χ0) is 19.6. The van der Waals surface area contributed by atoms with E-state index in [9.17, 15) is 9.59 Å². The Morgan fingerprint density at radius 1 is 1.00 bits per heavy atom. The van der Waals surface area contributed by atoms with Gasteiger partial charge in [-0.15, -0.1) is 0 Å². The van der Waals surface area contributed by atoms with E-state index in [4.69, 9.17) is 0 Å². The summed E-state index contributed by atoms with van der Waals surface area (Å²) in [5.74, 6) is 0.517. The molecule has 0 aliphatic rings. The van der Waals surface area contributed by atoms with Crippen LogP contribution in [-0.4, -0.2) is 16.0 Å². The summed E-state index contributed by atoms with van der Waals surface area (Å²) in [6.45, 7) is 8.35. The smallest absolute Gasteiger partial charge is 0.307 e. The molecule has 0 bridgehead atoms. The van der Waals surface area contributed by atoms with Gasteiger partial charge < -0.3 is 15.6 Å². The fourth-order valence-corrected chi connectivity index (χ4v) is 3.09. The van der Waals surface area contributed by atoms with Crippen molar-refractivity contribution in [2.75, 3.05) is 10.6 Å². The number of rotatable bonds is 4. The predicted molar refractivity (Wildman–Crippen MR) is 110 cm³/mol. The summed E-state index contributed by atoms with van der Waals surface area (Å²) in [4.78, 5) is 31.6. The molecule has 3 N–H and O–H groups in total. The average molecular weight is 364 g/mol. The van der Waals surface area contributed by atoms with Crippen LogP contribution in [-0.2, 0) is 0 Å². The summed E-state index contributed by atoms with van der Waals surface area (Å²) in [6, 6.07) is 10.8. The Balaban J connectivity index is 1.91. The molecule has 0 fully saturated rings. The first-order valence-electron chi connectivity index (χ1n) is 9.05. The first-order valence-corrected chi connectivity index (χ1v) is 9.05. The van der Waals surface area contributed by atoms with Crippen molar-refractivity contribution in [2.45, 2.75) is 39.5 Å². The molecule has 0 atom stereocenters. The highest BCUT2D eigenvalue weighted by molar-refractivity contribution is 6.01. The second-order valence-corrected chi connectivity index (χ2v) is 7.15. The Bertz CT molecular complexity index is 1010. The van der Waals surface area contributed by atoms with E-state index in [0.717, 1.165) is 22.2 Å². The van der Waals surface area contributed by atoms with E-state index >= 15 is 0 Å². The lowest BCUT2D eigenvalue weighted by Gasteiger charge is -2.20. The number of nitrogens with zero attached hydrogens (tertiary/aromatic N) is 1. The van der Waals surface area contributed by atoms with Gasteiger partial charge >= 0.3 is 6.03 Å². The number of carbonyl (C=O) groups excluding carboxylic acids is 1. The van der Waals surface area contributed by atoms with Crippen LogP contribution in [0.4, 0.5) is 16.2 Å². The van der Waals surface area contributed by atoms with Crippen LogP contribution in [0, 0.1) is 0 Å². The van der Waals surface area contributed by atoms with Crippen molar-refractivity contribution in [3.8, 4) is 0 Å². The number of urea groups is 1. The number of carbonyl (C=O) groups is 1. The number of H-pyrrole nitrogens is 1. The maximum absolute atomic E-state index is 12.6. The summed E-state index contributed by atoms with van der Waals surface area (Å²) in [7, 11) is 0. The van der Waals surface area contributed by atoms with Gasteiger partial charge in [0.05, 0.1) is 0 Å². The van der Waals surface area contributed by atoms with Crippen LogP contribution in [0.15, 0.2) is 47.4 Å². The molecule has 27 heavy (non-hydrogen) atoms. The first kappa shape index (κ1) is 18.6. The minimum Gasteiger partial charge on any atom is -0.307 e. The van der Waals surface area contributed by atoms with Crippen LogP contribution in [0.2, 0.25) is 0 Å². The van der Waals surface area contributed by atoms with Gasteiger partial charge in [-0.1, -0.05) is 45.9 Å². The number of benzene rings is 1. The van der Waals surface area contributed by atoms with Crippen LogP contribution in [0.3, 0.4) is 0 Å². The largest absolute Gasteiger partial charge is 0.323 e. The third-order valence-corrected chi connectivity index (χ3v) is 4.47. The van der Waals surface area contributed by atoms with Gasteiger partial charge in [-0.3, -0.25) is 4.79 Å².